The summed E-state index contributed by atoms with van der Waals surface area (Å²) in [4.78, 5) is 12.3. The van der Waals surface area contributed by atoms with Gasteiger partial charge in [0.25, 0.3) is 15.9 Å². The first-order valence-corrected chi connectivity index (χ1v) is 8.47. The third kappa shape index (κ3) is 3.48. The number of rotatable bonds is 5. The largest absolute Gasteiger partial charge is 0.464 e. The Morgan fingerprint density at radius 3 is 2.39 bits per heavy atom. The molecule has 0 aliphatic rings. The van der Waals surface area contributed by atoms with Crippen molar-refractivity contribution in [3.05, 3.63) is 41.0 Å². The minimum atomic E-state index is -3.72. The van der Waals surface area contributed by atoms with Gasteiger partial charge in [-0.05, 0) is 32.9 Å². The first-order chi connectivity index (χ1) is 10.6. The fourth-order valence-electron chi connectivity index (χ4n) is 2.02. The smallest absolute Gasteiger partial charge is 0.275 e. The van der Waals surface area contributed by atoms with Crippen molar-refractivity contribution in [3.63, 3.8) is 0 Å². The van der Waals surface area contributed by atoms with Gasteiger partial charge < -0.3 is 14.2 Å². The van der Waals surface area contributed by atoms with Gasteiger partial charge in [-0.3, -0.25) is 4.79 Å². The maximum Gasteiger partial charge on any atom is 0.275 e. The molecule has 0 saturated heterocycles. The minimum Gasteiger partial charge on any atom is -0.464 e. The van der Waals surface area contributed by atoms with Crippen LogP contribution in [0.15, 0.2) is 32.1 Å². The van der Waals surface area contributed by atoms with E-state index in [0.29, 0.717) is 5.76 Å². The summed E-state index contributed by atoms with van der Waals surface area (Å²) < 4.78 is 35.8. The van der Waals surface area contributed by atoms with Gasteiger partial charge in [-0.2, -0.15) is 0 Å². The topological polar surface area (TPSA) is 92.8 Å². The summed E-state index contributed by atoms with van der Waals surface area (Å²) in [5.74, 6) is 1.19. The van der Waals surface area contributed by atoms with E-state index in [4.69, 9.17) is 8.83 Å². The lowest BCUT2D eigenvalue weighted by Crippen LogP contribution is -2.26. The summed E-state index contributed by atoms with van der Waals surface area (Å²) in [6.45, 7) is 5.14. The molecule has 23 heavy (non-hydrogen) atoms. The van der Waals surface area contributed by atoms with Gasteiger partial charge in [-0.15, -0.1) is 0 Å². The summed E-state index contributed by atoms with van der Waals surface area (Å²) in [6.07, 6.45) is 0. The van der Waals surface area contributed by atoms with E-state index in [1.807, 2.05) is 13.0 Å². The Bertz CT molecular complexity index is 817. The Morgan fingerprint density at radius 2 is 1.87 bits per heavy atom. The van der Waals surface area contributed by atoms with Crippen molar-refractivity contribution in [2.45, 2.75) is 31.9 Å². The van der Waals surface area contributed by atoms with Crippen LogP contribution in [0.5, 0.6) is 0 Å². The van der Waals surface area contributed by atoms with Crippen LogP contribution in [-0.2, 0) is 10.0 Å². The molecule has 1 amide bonds. The van der Waals surface area contributed by atoms with E-state index in [2.05, 4.69) is 5.32 Å². The van der Waals surface area contributed by atoms with Gasteiger partial charge in [0.1, 0.15) is 17.3 Å². The molecule has 0 bridgehead atoms. The fraction of sp³-hybridized carbons (Fsp3) is 0.400. The lowest BCUT2D eigenvalue weighted by atomic mass is 10.2. The Labute approximate surface area is 135 Å². The van der Waals surface area contributed by atoms with E-state index in [1.165, 1.54) is 20.2 Å². The van der Waals surface area contributed by atoms with Crippen LogP contribution in [-0.4, -0.2) is 32.7 Å². The number of nitrogens with zero attached hydrogens (tertiary/aromatic N) is 1. The highest BCUT2D eigenvalue weighted by atomic mass is 32.2. The van der Waals surface area contributed by atoms with Crippen LogP contribution in [0.3, 0.4) is 0 Å². The number of hydrogen-bond acceptors (Lipinski definition) is 5. The number of carbonyl (C=O) groups is 1. The lowest BCUT2D eigenvalue weighted by molar-refractivity contribution is 0.0933. The molecule has 0 radical (unpaired) electrons. The number of hydrogen-bond donors (Lipinski definition) is 1. The van der Waals surface area contributed by atoms with Crippen LogP contribution < -0.4 is 5.32 Å². The monoisotopic (exact) mass is 340 g/mol. The molecule has 0 saturated carbocycles. The third-order valence-electron chi connectivity index (χ3n) is 3.41. The third-order valence-corrected chi connectivity index (χ3v) is 5.08. The zero-order valence-electron chi connectivity index (χ0n) is 13.7. The van der Waals surface area contributed by atoms with Crippen molar-refractivity contribution < 1.29 is 22.0 Å². The van der Waals surface area contributed by atoms with Crippen LogP contribution >= 0.6 is 0 Å². The molecule has 0 fully saturated rings. The Balaban J connectivity index is 2.22. The van der Waals surface area contributed by atoms with Crippen molar-refractivity contribution in [3.8, 4) is 0 Å². The van der Waals surface area contributed by atoms with Crippen molar-refractivity contribution in [1.82, 2.24) is 9.62 Å². The molecule has 2 aromatic heterocycles. The molecule has 0 aliphatic carbocycles. The molecule has 2 rings (SSSR count). The number of sulfonamides is 1. The first kappa shape index (κ1) is 17.3. The molecule has 0 spiro atoms. The minimum absolute atomic E-state index is 0.181. The maximum absolute atomic E-state index is 12.3. The van der Waals surface area contributed by atoms with Crippen LogP contribution in [0.2, 0.25) is 0 Å². The van der Waals surface area contributed by atoms with Crippen molar-refractivity contribution >= 4 is 15.9 Å². The van der Waals surface area contributed by atoms with E-state index >= 15 is 0 Å². The highest BCUT2D eigenvalue weighted by Gasteiger charge is 2.26. The van der Waals surface area contributed by atoms with Gasteiger partial charge in [0.15, 0.2) is 0 Å². The predicted molar refractivity (Wildman–Crippen MR) is 83.6 cm³/mol. The Kier molecular flexibility index (Phi) is 4.67. The highest BCUT2D eigenvalue weighted by molar-refractivity contribution is 7.88. The number of furan rings is 2. The normalized spacial score (nSPS) is 13.3. The Morgan fingerprint density at radius 1 is 1.22 bits per heavy atom. The van der Waals surface area contributed by atoms with Gasteiger partial charge in [0, 0.05) is 20.2 Å². The molecular weight excluding hydrogens is 320 g/mol. The SMILES string of the molecule is Cc1ccc(C(C)NC(=O)c2cc(S(=O)(=O)N(C)C)oc2C)o1. The van der Waals surface area contributed by atoms with E-state index < -0.39 is 15.9 Å². The predicted octanol–water partition coefficient (Wildman–Crippen LogP) is 2.23. The summed E-state index contributed by atoms with van der Waals surface area (Å²) in [5.41, 5.74) is 0.181. The average molecular weight is 340 g/mol. The second-order valence-corrected chi connectivity index (χ2v) is 7.55. The molecule has 0 aromatic carbocycles. The van der Waals surface area contributed by atoms with Gasteiger partial charge in [0.2, 0.25) is 5.09 Å². The fourth-order valence-corrected chi connectivity index (χ4v) is 2.88. The standard InChI is InChI=1S/C15H20N2O5S/c1-9-6-7-13(21-9)10(2)16-15(18)12-8-14(22-11(12)3)23(19,20)17(4)5/h6-8,10H,1-5H3,(H,16,18). The van der Waals surface area contributed by atoms with Crippen molar-refractivity contribution in [1.29, 1.82) is 0 Å². The molecule has 1 atom stereocenters. The maximum atomic E-state index is 12.3. The molecule has 2 heterocycles. The van der Waals surface area contributed by atoms with Gasteiger partial charge in [-0.1, -0.05) is 0 Å². The molecule has 126 valence electrons. The van der Waals surface area contributed by atoms with Crippen LogP contribution in [0.25, 0.3) is 0 Å². The zero-order chi connectivity index (χ0) is 17.4. The molecule has 0 aliphatic heterocycles. The number of aryl methyl sites for hydroxylation is 2. The van der Waals surface area contributed by atoms with Crippen LogP contribution in [0.1, 0.15) is 40.6 Å². The van der Waals surface area contributed by atoms with Gasteiger partial charge in [0.05, 0.1) is 11.6 Å². The van der Waals surface area contributed by atoms with Crippen LogP contribution in [0, 0.1) is 13.8 Å². The molecule has 8 heteroatoms. The Hall–Kier alpha value is -2.06. The summed E-state index contributed by atoms with van der Waals surface area (Å²) in [7, 11) is -0.927. The summed E-state index contributed by atoms with van der Waals surface area (Å²) >= 11 is 0. The van der Waals surface area contributed by atoms with E-state index in [9.17, 15) is 13.2 Å². The van der Waals surface area contributed by atoms with Crippen molar-refractivity contribution in [2.75, 3.05) is 14.1 Å². The average Bonchev–Trinajstić information content (AvgIpc) is 3.05. The number of carbonyl (C=O) groups excluding carboxylic acids is 1. The van der Waals surface area contributed by atoms with E-state index in [1.54, 1.807) is 19.9 Å². The molecule has 1 unspecified atom stereocenters. The van der Waals surface area contributed by atoms with Crippen molar-refractivity contribution in [2.24, 2.45) is 0 Å². The highest BCUT2D eigenvalue weighted by Crippen LogP contribution is 2.22. The summed E-state index contributed by atoms with van der Waals surface area (Å²) in [5, 5.41) is 2.50. The molecule has 1 N–H and O–H groups in total. The lowest BCUT2D eigenvalue weighted by Gasteiger charge is -2.10. The van der Waals surface area contributed by atoms with E-state index in [-0.39, 0.29) is 22.5 Å². The molecule has 7 nitrogen and oxygen atoms in total. The number of amides is 1. The number of nitrogens with one attached hydrogen (secondary N) is 1. The van der Waals surface area contributed by atoms with Gasteiger partial charge in [-0.25, -0.2) is 12.7 Å². The van der Waals surface area contributed by atoms with Gasteiger partial charge >= 0.3 is 0 Å². The second kappa shape index (κ2) is 6.21. The summed E-state index contributed by atoms with van der Waals surface area (Å²) in [6, 6.07) is 4.48. The molecule has 2 aromatic rings. The zero-order valence-corrected chi connectivity index (χ0v) is 14.5. The van der Waals surface area contributed by atoms with E-state index in [0.717, 1.165) is 10.1 Å². The molecular formula is C15H20N2O5S. The van der Waals surface area contributed by atoms with Crippen LogP contribution in [0.4, 0.5) is 0 Å². The quantitative estimate of drug-likeness (QED) is 0.901. The first-order valence-electron chi connectivity index (χ1n) is 7.03. The second-order valence-electron chi connectivity index (χ2n) is 5.47.